The van der Waals surface area contributed by atoms with Gasteiger partial charge in [-0.3, -0.25) is 14.5 Å². The smallest absolute Gasteiger partial charge is 0.293 e. The maximum absolute atomic E-state index is 12.2. The summed E-state index contributed by atoms with van der Waals surface area (Å²) in [4.78, 5) is 25.7. The third-order valence-corrected chi connectivity index (χ3v) is 5.71. The zero-order valence-corrected chi connectivity index (χ0v) is 17.5. The van der Waals surface area contributed by atoms with Crippen LogP contribution in [-0.4, -0.2) is 22.6 Å². The summed E-state index contributed by atoms with van der Waals surface area (Å²) in [5.41, 5.74) is 3.21. The van der Waals surface area contributed by atoms with Crippen molar-refractivity contribution < 1.29 is 14.3 Å². The van der Waals surface area contributed by atoms with Gasteiger partial charge < -0.3 is 4.74 Å². The van der Waals surface area contributed by atoms with Crippen molar-refractivity contribution in [3.63, 3.8) is 0 Å². The SMILES string of the molecule is CCN1C(=O)S/C(=C/c2ccc(OCc3ccc(C)cc3)c(I)c2)C1=O. The fourth-order valence-corrected chi connectivity index (χ4v) is 4.09. The first-order valence-corrected chi connectivity index (χ1v) is 10.1. The Balaban J connectivity index is 1.71. The van der Waals surface area contributed by atoms with Crippen molar-refractivity contribution in [2.24, 2.45) is 0 Å². The number of rotatable bonds is 5. The average molecular weight is 479 g/mol. The number of hydrogen-bond acceptors (Lipinski definition) is 4. The van der Waals surface area contributed by atoms with Crippen molar-refractivity contribution in [2.45, 2.75) is 20.5 Å². The van der Waals surface area contributed by atoms with Crippen LogP contribution in [0.4, 0.5) is 4.79 Å². The summed E-state index contributed by atoms with van der Waals surface area (Å²) >= 11 is 3.20. The molecule has 6 heteroatoms. The molecule has 0 radical (unpaired) electrons. The lowest BCUT2D eigenvalue weighted by molar-refractivity contribution is -0.122. The summed E-state index contributed by atoms with van der Waals surface area (Å²) in [7, 11) is 0. The normalized spacial score (nSPS) is 15.8. The van der Waals surface area contributed by atoms with Crippen LogP contribution in [0.1, 0.15) is 23.6 Å². The number of halogens is 1. The number of hydrogen-bond donors (Lipinski definition) is 0. The molecular formula is C20H18INO3S. The number of nitrogens with zero attached hydrogens (tertiary/aromatic N) is 1. The molecular weight excluding hydrogens is 461 g/mol. The number of ether oxygens (including phenoxy) is 1. The molecule has 2 amide bonds. The number of thioether (sulfide) groups is 1. The van der Waals surface area contributed by atoms with Gasteiger partial charge in [0.05, 0.1) is 8.48 Å². The predicted octanol–water partition coefficient (Wildman–Crippen LogP) is 5.23. The molecule has 1 fully saturated rings. The summed E-state index contributed by atoms with van der Waals surface area (Å²) in [5.74, 6) is 0.571. The van der Waals surface area contributed by atoms with E-state index in [-0.39, 0.29) is 11.1 Å². The van der Waals surface area contributed by atoms with Gasteiger partial charge in [-0.2, -0.15) is 0 Å². The molecule has 0 spiro atoms. The summed E-state index contributed by atoms with van der Waals surface area (Å²) in [6, 6.07) is 14.0. The van der Waals surface area contributed by atoms with Crippen molar-refractivity contribution in [3.8, 4) is 5.75 Å². The van der Waals surface area contributed by atoms with Gasteiger partial charge in [0, 0.05) is 6.54 Å². The first-order chi connectivity index (χ1) is 12.5. The van der Waals surface area contributed by atoms with E-state index in [4.69, 9.17) is 4.74 Å². The molecule has 0 saturated carbocycles. The fraction of sp³-hybridized carbons (Fsp3) is 0.200. The molecule has 0 atom stereocenters. The highest BCUT2D eigenvalue weighted by molar-refractivity contribution is 14.1. The van der Waals surface area contributed by atoms with Gasteiger partial charge in [0.15, 0.2) is 0 Å². The highest BCUT2D eigenvalue weighted by Gasteiger charge is 2.33. The van der Waals surface area contributed by atoms with Crippen molar-refractivity contribution in [1.29, 1.82) is 0 Å². The Hall–Kier alpha value is -1.80. The molecule has 2 aromatic rings. The summed E-state index contributed by atoms with van der Waals surface area (Å²) in [6.45, 7) is 4.75. The van der Waals surface area contributed by atoms with E-state index >= 15 is 0 Å². The Morgan fingerprint density at radius 3 is 2.50 bits per heavy atom. The number of aryl methyl sites for hydroxylation is 1. The molecule has 2 aromatic carbocycles. The number of imide groups is 1. The van der Waals surface area contributed by atoms with Gasteiger partial charge in [0.1, 0.15) is 12.4 Å². The molecule has 4 nitrogen and oxygen atoms in total. The number of benzene rings is 2. The van der Waals surface area contributed by atoms with Crippen LogP contribution in [0.15, 0.2) is 47.4 Å². The third kappa shape index (κ3) is 4.29. The first-order valence-electron chi connectivity index (χ1n) is 8.21. The Morgan fingerprint density at radius 2 is 1.88 bits per heavy atom. The van der Waals surface area contributed by atoms with Gasteiger partial charge in [-0.25, -0.2) is 0 Å². The lowest BCUT2D eigenvalue weighted by atomic mass is 10.1. The highest BCUT2D eigenvalue weighted by Crippen LogP contribution is 2.33. The number of amides is 2. The van der Waals surface area contributed by atoms with E-state index in [0.717, 1.165) is 32.2 Å². The van der Waals surface area contributed by atoms with E-state index in [1.165, 1.54) is 10.5 Å². The van der Waals surface area contributed by atoms with Crippen molar-refractivity contribution in [2.75, 3.05) is 6.54 Å². The minimum absolute atomic E-state index is 0.212. The lowest BCUT2D eigenvalue weighted by Gasteiger charge is -2.09. The fourth-order valence-electron chi connectivity index (χ4n) is 2.49. The van der Waals surface area contributed by atoms with E-state index < -0.39 is 0 Å². The zero-order chi connectivity index (χ0) is 18.7. The Morgan fingerprint density at radius 1 is 1.15 bits per heavy atom. The summed E-state index contributed by atoms with van der Waals surface area (Å²) < 4.78 is 6.85. The first kappa shape index (κ1) is 19.0. The second-order valence-corrected chi connectivity index (χ2v) is 8.05. The van der Waals surface area contributed by atoms with Crippen molar-refractivity contribution in [1.82, 2.24) is 4.90 Å². The number of likely N-dealkylation sites (N-methyl/N-ethyl adjacent to an activating group) is 1. The van der Waals surface area contributed by atoms with Gasteiger partial charge in [0.2, 0.25) is 0 Å². The van der Waals surface area contributed by atoms with E-state index in [2.05, 4.69) is 53.8 Å². The highest BCUT2D eigenvalue weighted by atomic mass is 127. The number of carbonyl (C=O) groups is 2. The van der Waals surface area contributed by atoms with Crippen LogP contribution in [0.3, 0.4) is 0 Å². The van der Waals surface area contributed by atoms with Crippen LogP contribution in [0, 0.1) is 10.5 Å². The van der Waals surface area contributed by atoms with Crippen molar-refractivity contribution >= 4 is 51.6 Å². The monoisotopic (exact) mass is 479 g/mol. The molecule has 3 rings (SSSR count). The molecule has 0 unspecified atom stereocenters. The van der Waals surface area contributed by atoms with Gasteiger partial charge in [-0.1, -0.05) is 35.9 Å². The van der Waals surface area contributed by atoms with Crippen LogP contribution < -0.4 is 4.74 Å². The second kappa shape index (κ2) is 8.26. The standard InChI is InChI=1S/C20H18INO3S/c1-3-22-19(23)18(26-20(22)24)11-15-8-9-17(16(21)10-15)25-12-14-6-4-13(2)5-7-14/h4-11H,3,12H2,1-2H3/b18-11+. The minimum Gasteiger partial charge on any atom is -0.488 e. The molecule has 0 bridgehead atoms. The summed E-state index contributed by atoms with van der Waals surface area (Å²) in [6.07, 6.45) is 1.76. The quantitative estimate of drug-likeness (QED) is 0.435. The van der Waals surface area contributed by atoms with E-state index in [0.29, 0.717) is 18.1 Å². The molecule has 26 heavy (non-hydrogen) atoms. The van der Waals surface area contributed by atoms with Crippen LogP contribution >= 0.6 is 34.4 Å². The largest absolute Gasteiger partial charge is 0.488 e. The van der Waals surface area contributed by atoms with E-state index in [9.17, 15) is 9.59 Å². The predicted molar refractivity (Wildman–Crippen MR) is 113 cm³/mol. The van der Waals surface area contributed by atoms with E-state index in [1.807, 2.05) is 18.2 Å². The Labute approximate surface area is 170 Å². The molecule has 134 valence electrons. The molecule has 1 aliphatic heterocycles. The molecule has 0 N–H and O–H groups in total. The Kier molecular flexibility index (Phi) is 6.03. The molecule has 1 aliphatic rings. The van der Waals surface area contributed by atoms with Gasteiger partial charge >= 0.3 is 0 Å². The topological polar surface area (TPSA) is 46.6 Å². The lowest BCUT2D eigenvalue weighted by Crippen LogP contribution is -2.27. The average Bonchev–Trinajstić information content (AvgIpc) is 2.88. The molecule has 1 heterocycles. The number of carbonyl (C=O) groups excluding carboxylic acids is 2. The van der Waals surface area contributed by atoms with Gasteiger partial charge in [-0.05, 0) is 77.5 Å². The second-order valence-electron chi connectivity index (χ2n) is 5.89. The Bertz CT molecular complexity index is 877. The van der Waals surface area contributed by atoms with E-state index in [1.54, 1.807) is 13.0 Å². The van der Waals surface area contributed by atoms with Crippen molar-refractivity contribution in [3.05, 3.63) is 67.6 Å². The third-order valence-electron chi connectivity index (χ3n) is 3.96. The molecule has 0 aliphatic carbocycles. The minimum atomic E-state index is -0.225. The van der Waals surface area contributed by atoms with Crippen LogP contribution in [0.25, 0.3) is 6.08 Å². The molecule has 0 aromatic heterocycles. The zero-order valence-electron chi connectivity index (χ0n) is 14.5. The van der Waals surface area contributed by atoms with Crippen LogP contribution in [-0.2, 0) is 11.4 Å². The van der Waals surface area contributed by atoms with Crippen LogP contribution in [0.5, 0.6) is 5.75 Å². The van der Waals surface area contributed by atoms with Gasteiger partial charge in [0.25, 0.3) is 11.1 Å². The summed E-state index contributed by atoms with van der Waals surface area (Å²) in [5, 5.41) is -0.212. The molecule has 1 saturated heterocycles. The maximum Gasteiger partial charge on any atom is 0.293 e. The maximum atomic E-state index is 12.2. The van der Waals surface area contributed by atoms with Crippen LogP contribution in [0.2, 0.25) is 0 Å². The van der Waals surface area contributed by atoms with Gasteiger partial charge in [-0.15, -0.1) is 0 Å².